The monoisotopic (exact) mass is 619 g/mol. The minimum atomic E-state index is -3.85. The van der Waals surface area contributed by atoms with Crippen LogP contribution in [0.3, 0.4) is 0 Å². The first-order valence-electron chi connectivity index (χ1n) is 13.7. The van der Waals surface area contributed by atoms with E-state index in [0.717, 1.165) is 0 Å². The van der Waals surface area contributed by atoms with Crippen molar-refractivity contribution in [3.63, 3.8) is 0 Å². The van der Waals surface area contributed by atoms with Crippen molar-refractivity contribution in [2.45, 2.75) is 123 Å². The summed E-state index contributed by atoms with van der Waals surface area (Å²) in [4.78, 5) is 0. The number of aliphatic hydroxyl groups excluding tert-OH is 6. The molecular formula is C23H43F2N5O12. The molecule has 17 atom stereocenters. The molecular weight excluding hydrogens is 576 g/mol. The van der Waals surface area contributed by atoms with Crippen molar-refractivity contribution in [3.05, 3.63) is 0 Å². The van der Waals surface area contributed by atoms with E-state index >= 15 is 0 Å². The van der Waals surface area contributed by atoms with E-state index in [4.69, 9.17) is 57.1 Å². The Labute approximate surface area is 239 Å². The van der Waals surface area contributed by atoms with E-state index in [2.05, 4.69) is 0 Å². The van der Waals surface area contributed by atoms with Crippen LogP contribution in [-0.4, -0.2) is 160 Å². The quantitative estimate of drug-likeness (QED) is 0.114. The molecule has 0 aromatic rings. The van der Waals surface area contributed by atoms with Gasteiger partial charge in [0.15, 0.2) is 18.9 Å². The minimum absolute atomic E-state index is 0.0262. The Morgan fingerprint density at radius 2 is 1.31 bits per heavy atom. The third-order valence-corrected chi connectivity index (χ3v) is 8.22. The lowest BCUT2D eigenvalue weighted by atomic mass is 9.84. The standard InChI is InChI=1S/C23H43F2N5O12/c24-23(25)19(30)22(38-10(4-27)20(23)36)41-16-7(29)1-6(28)13(33)18(16)42-21-15(35)17(11(5-31)39-21)40-12-2-8(32)14(34)9(3-26)37-12/h6-22,31-36H,1-5,26-30H2/t6-,7+,8-,9+,10-,11-,12-,13+,14+,15-,16-,17-,18-,19+,20-,21+,22-/m1/s1. The van der Waals surface area contributed by atoms with Crippen molar-refractivity contribution >= 4 is 0 Å². The third kappa shape index (κ3) is 6.58. The lowest BCUT2D eigenvalue weighted by molar-refractivity contribution is -0.331. The number of halogens is 2. The van der Waals surface area contributed by atoms with Gasteiger partial charge in [-0.25, -0.2) is 8.78 Å². The van der Waals surface area contributed by atoms with Crippen molar-refractivity contribution in [2.75, 3.05) is 19.7 Å². The number of nitrogens with two attached hydrogens (primary N) is 5. The van der Waals surface area contributed by atoms with Gasteiger partial charge in [0, 0.05) is 31.6 Å². The molecule has 0 amide bonds. The summed E-state index contributed by atoms with van der Waals surface area (Å²) >= 11 is 0. The van der Waals surface area contributed by atoms with Gasteiger partial charge in [0.2, 0.25) is 0 Å². The Hall–Kier alpha value is -0.820. The highest BCUT2D eigenvalue weighted by Gasteiger charge is 2.59. The first-order chi connectivity index (χ1) is 19.7. The summed E-state index contributed by atoms with van der Waals surface area (Å²) in [6.07, 6.45) is -20.5. The molecule has 246 valence electrons. The molecule has 0 unspecified atom stereocenters. The van der Waals surface area contributed by atoms with Crippen LogP contribution in [0.1, 0.15) is 12.8 Å². The zero-order chi connectivity index (χ0) is 31.1. The van der Waals surface area contributed by atoms with E-state index in [9.17, 15) is 39.4 Å². The summed E-state index contributed by atoms with van der Waals surface area (Å²) in [6, 6.07) is -4.11. The molecule has 16 N–H and O–H groups in total. The number of hydrogen-bond acceptors (Lipinski definition) is 17. The maximum atomic E-state index is 14.7. The van der Waals surface area contributed by atoms with Crippen LogP contribution < -0.4 is 28.7 Å². The largest absolute Gasteiger partial charge is 0.394 e. The fraction of sp³-hybridized carbons (Fsp3) is 1.00. The Bertz CT molecular complexity index is 890. The van der Waals surface area contributed by atoms with E-state index in [1.165, 1.54) is 0 Å². The number of ether oxygens (including phenoxy) is 6. The van der Waals surface area contributed by atoms with Gasteiger partial charge in [0.05, 0.1) is 18.8 Å². The van der Waals surface area contributed by atoms with Crippen molar-refractivity contribution in [2.24, 2.45) is 28.7 Å². The zero-order valence-corrected chi connectivity index (χ0v) is 22.6. The predicted octanol–water partition coefficient (Wildman–Crippen LogP) is -6.56. The summed E-state index contributed by atoms with van der Waals surface area (Å²) < 4.78 is 63.3. The molecule has 1 saturated carbocycles. The Morgan fingerprint density at radius 1 is 0.690 bits per heavy atom. The average Bonchev–Trinajstić information content (AvgIpc) is 3.24. The first-order valence-corrected chi connectivity index (χ1v) is 13.7. The van der Waals surface area contributed by atoms with E-state index in [1.54, 1.807) is 0 Å². The van der Waals surface area contributed by atoms with Gasteiger partial charge in [-0.3, -0.25) is 0 Å². The van der Waals surface area contributed by atoms with Crippen LogP contribution in [0.4, 0.5) is 8.78 Å². The molecule has 4 rings (SSSR count). The summed E-state index contributed by atoms with van der Waals surface area (Å²) in [5.74, 6) is -3.85. The molecule has 3 saturated heterocycles. The molecule has 42 heavy (non-hydrogen) atoms. The minimum Gasteiger partial charge on any atom is -0.394 e. The fourth-order valence-corrected chi connectivity index (χ4v) is 5.68. The Morgan fingerprint density at radius 3 is 1.93 bits per heavy atom. The second-order valence-electron chi connectivity index (χ2n) is 11.1. The lowest BCUT2D eigenvalue weighted by Gasteiger charge is -2.48. The average molecular weight is 620 g/mol. The van der Waals surface area contributed by atoms with E-state index in [1.807, 2.05) is 0 Å². The van der Waals surface area contributed by atoms with Crippen molar-refractivity contribution in [1.29, 1.82) is 0 Å². The van der Waals surface area contributed by atoms with Crippen LogP contribution in [0.15, 0.2) is 0 Å². The third-order valence-electron chi connectivity index (χ3n) is 8.22. The molecule has 3 heterocycles. The lowest BCUT2D eigenvalue weighted by Crippen LogP contribution is -2.70. The van der Waals surface area contributed by atoms with E-state index in [0.29, 0.717) is 0 Å². The van der Waals surface area contributed by atoms with Crippen LogP contribution in [0.2, 0.25) is 0 Å². The molecule has 0 radical (unpaired) electrons. The Kier molecular flexibility index (Phi) is 11.1. The van der Waals surface area contributed by atoms with Gasteiger partial charge in [-0.05, 0) is 6.42 Å². The highest BCUT2D eigenvalue weighted by molar-refractivity contribution is 5.03. The van der Waals surface area contributed by atoms with Crippen LogP contribution in [0.25, 0.3) is 0 Å². The molecule has 0 aromatic carbocycles. The van der Waals surface area contributed by atoms with Gasteiger partial charge < -0.3 is 87.7 Å². The smallest absolute Gasteiger partial charge is 0.295 e. The van der Waals surface area contributed by atoms with Crippen LogP contribution in [-0.2, 0) is 28.4 Å². The first kappa shape index (κ1) is 34.1. The SMILES string of the molecule is NC[C@@H]1O[C@H](O[C@H]2[C@@H](O)[C@H](O[C@@H]3[C@@H](O)[C@H](N)C[C@H](N)[C@H]3O[C@H]3O[C@H](CN)[C@@H](O)C(F)(F)[C@H]3N)O[C@@H]2CO)C[C@@H](O)[C@@H]1O. The molecule has 0 spiro atoms. The fourth-order valence-electron chi connectivity index (χ4n) is 5.68. The normalized spacial score (nSPS) is 51.5. The van der Waals surface area contributed by atoms with E-state index in [-0.39, 0.29) is 19.4 Å². The molecule has 0 bridgehead atoms. The summed E-state index contributed by atoms with van der Waals surface area (Å²) in [7, 11) is 0. The summed E-state index contributed by atoms with van der Waals surface area (Å²) in [6.45, 7) is -1.27. The Balaban J connectivity index is 1.49. The molecule has 1 aliphatic carbocycles. The van der Waals surface area contributed by atoms with Crippen LogP contribution >= 0.6 is 0 Å². The number of aliphatic hydroxyl groups is 6. The van der Waals surface area contributed by atoms with Crippen LogP contribution in [0.5, 0.6) is 0 Å². The van der Waals surface area contributed by atoms with Crippen molar-refractivity contribution in [1.82, 2.24) is 0 Å². The molecule has 0 aromatic heterocycles. The summed E-state index contributed by atoms with van der Waals surface area (Å²) in [5.41, 5.74) is 29.0. The van der Waals surface area contributed by atoms with Gasteiger partial charge in [-0.1, -0.05) is 0 Å². The summed E-state index contributed by atoms with van der Waals surface area (Å²) in [5, 5.41) is 61.9. The van der Waals surface area contributed by atoms with Gasteiger partial charge in [0.25, 0.3) is 5.92 Å². The molecule has 19 heteroatoms. The maximum Gasteiger partial charge on any atom is 0.295 e. The number of rotatable bonds is 9. The molecule has 17 nitrogen and oxygen atoms in total. The second-order valence-corrected chi connectivity index (χ2v) is 11.1. The van der Waals surface area contributed by atoms with Gasteiger partial charge in [0.1, 0.15) is 61.0 Å². The zero-order valence-electron chi connectivity index (χ0n) is 22.6. The predicted molar refractivity (Wildman–Crippen MR) is 134 cm³/mol. The molecule has 4 aliphatic rings. The van der Waals surface area contributed by atoms with Crippen LogP contribution in [0, 0.1) is 0 Å². The highest BCUT2D eigenvalue weighted by Crippen LogP contribution is 2.37. The maximum absolute atomic E-state index is 14.7. The highest BCUT2D eigenvalue weighted by atomic mass is 19.3. The van der Waals surface area contributed by atoms with Gasteiger partial charge in [-0.2, -0.15) is 0 Å². The van der Waals surface area contributed by atoms with Gasteiger partial charge in [-0.15, -0.1) is 0 Å². The molecule has 3 aliphatic heterocycles. The number of alkyl halides is 2. The number of hydrogen-bond donors (Lipinski definition) is 11. The topological polar surface area (TPSA) is 307 Å². The van der Waals surface area contributed by atoms with Crippen molar-refractivity contribution < 1.29 is 67.8 Å². The van der Waals surface area contributed by atoms with E-state index < -0.39 is 123 Å². The molecule has 4 fully saturated rings. The van der Waals surface area contributed by atoms with Gasteiger partial charge >= 0.3 is 0 Å². The second kappa shape index (κ2) is 13.7. The van der Waals surface area contributed by atoms with Crippen molar-refractivity contribution in [3.8, 4) is 0 Å².